The Morgan fingerprint density at radius 3 is 2.33 bits per heavy atom. The fourth-order valence-corrected chi connectivity index (χ4v) is 2.51. The minimum atomic E-state index is -3.97. The van der Waals surface area contributed by atoms with Gasteiger partial charge in [-0.05, 0) is 18.2 Å². The van der Waals surface area contributed by atoms with E-state index in [1.807, 2.05) is 26.8 Å². The van der Waals surface area contributed by atoms with Gasteiger partial charge in [0.2, 0.25) is 5.78 Å². The molecule has 0 aromatic heterocycles. The first-order valence-corrected chi connectivity index (χ1v) is 8.38. The highest BCUT2D eigenvalue weighted by Gasteiger charge is 2.27. The molecule has 0 fully saturated rings. The summed E-state index contributed by atoms with van der Waals surface area (Å²) in [5.74, 6) is -0.118. The van der Waals surface area contributed by atoms with Gasteiger partial charge in [-0.25, -0.2) is 0 Å². The zero-order valence-electron chi connectivity index (χ0n) is 14.1. The lowest BCUT2D eigenvalue weighted by Gasteiger charge is -2.26. The van der Waals surface area contributed by atoms with E-state index < -0.39 is 22.1 Å². The number of ketones is 1. The number of hydrogen-bond acceptors (Lipinski definition) is 8. The lowest BCUT2D eigenvalue weighted by molar-refractivity contribution is -0.108. The maximum Gasteiger partial charge on any atom is 0.206 e. The van der Waals surface area contributed by atoms with Crippen LogP contribution < -0.4 is 0 Å². The van der Waals surface area contributed by atoms with Crippen LogP contribution in [0.5, 0.6) is 0 Å². The number of ether oxygens (including phenoxy) is 1. The van der Waals surface area contributed by atoms with Gasteiger partial charge in [0.05, 0.1) is 12.0 Å². The molecule has 0 aromatic carbocycles. The van der Waals surface area contributed by atoms with Crippen molar-refractivity contribution in [2.24, 2.45) is 10.5 Å². The van der Waals surface area contributed by atoms with Gasteiger partial charge in [0, 0.05) is 12.5 Å². The standard InChI is InChI=1S/C15H21N3O5S/c1-15(2,3)14(23-5)12(9-16)18(4)17-11-8-10(24(20,21)22)6-7-13(11)19/h6-8,20-22H,1-5H3/b14-12-,17-11?. The summed E-state index contributed by atoms with van der Waals surface area (Å²) in [5, 5.41) is 14.6. The molecule has 0 unspecified atom stereocenters. The van der Waals surface area contributed by atoms with Crippen LogP contribution in [0.15, 0.2) is 39.7 Å². The van der Waals surface area contributed by atoms with E-state index in [9.17, 15) is 23.7 Å². The van der Waals surface area contributed by atoms with Crippen LogP contribution >= 0.6 is 10.9 Å². The first-order valence-electron chi connectivity index (χ1n) is 6.87. The third-order valence-electron chi connectivity index (χ3n) is 3.03. The Bertz CT molecular complexity index is 687. The fraction of sp³-hybridized carbons (Fsp3) is 0.400. The minimum absolute atomic E-state index is 0.102. The van der Waals surface area contributed by atoms with Gasteiger partial charge in [-0.1, -0.05) is 20.8 Å². The van der Waals surface area contributed by atoms with Crippen LogP contribution in [0.25, 0.3) is 0 Å². The summed E-state index contributed by atoms with van der Waals surface area (Å²) in [6.07, 6.45) is 3.23. The second-order valence-corrected chi connectivity index (χ2v) is 7.52. The van der Waals surface area contributed by atoms with E-state index in [1.54, 1.807) is 0 Å². The summed E-state index contributed by atoms with van der Waals surface area (Å²) in [6, 6.07) is 1.99. The van der Waals surface area contributed by atoms with Crippen molar-refractivity contribution in [3.05, 3.63) is 34.6 Å². The van der Waals surface area contributed by atoms with Crippen LogP contribution in [0.2, 0.25) is 0 Å². The molecule has 0 aliphatic heterocycles. The Hall–Kier alpha value is -2.12. The SMILES string of the molecule is CO/C(=C(/C#N)N(C)N=C1C=C(S(O)(O)O)C=CC1=O)C(C)(C)C. The van der Waals surface area contributed by atoms with Crippen LogP contribution in [0.1, 0.15) is 20.8 Å². The molecule has 0 bridgehead atoms. The van der Waals surface area contributed by atoms with Crippen molar-refractivity contribution < 1.29 is 23.2 Å². The van der Waals surface area contributed by atoms with Gasteiger partial charge in [0.15, 0.2) is 5.70 Å². The monoisotopic (exact) mass is 355 g/mol. The number of rotatable bonds is 4. The molecule has 0 amide bonds. The van der Waals surface area contributed by atoms with Crippen molar-refractivity contribution in [3.8, 4) is 6.07 Å². The van der Waals surface area contributed by atoms with Crippen LogP contribution in [-0.4, -0.2) is 44.3 Å². The Morgan fingerprint density at radius 2 is 1.92 bits per heavy atom. The highest BCUT2D eigenvalue weighted by atomic mass is 32.3. The number of nitriles is 1. The smallest absolute Gasteiger partial charge is 0.206 e. The molecule has 0 spiro atoms. The molecule has 8 nitrogen and oxygen atoms in total. The summed E-state index contributed by atoms with van der Waals surface area (Å²) in [7, 11) is -1.07. The van der Waals surface area contributed by atoms with E-state index >= 15 is 0 Å². The predicted molar refractivity (Wildman–Crippen MR) is 92.0 cm³/mol. The molecule has 0 atom stereocenters. The lowest BCUT2D eigenvalue weighted by atomic mass is 9.92. The normalized spacial score (nSPS) is 18.7. The van der Waals surface area contributed by atoms with Gasteiger partial charge >= 0.3 is 0 Å². The maximum absolute atomic E-state index is 11.9. The van der Waals surface area contributed by atoms with Gasteiger partial charge in [-0.2, -0.15) is 10.4 Å². The third-order valence-corrected chi connectivity index (χ3v) is 3.92. The summed E-state index contributed by atoms with van der Waals surface area (Å²) in [6.45, 7) is 5.58. The van der Waals surface area contributed by atoms with Crippen molar-refractivity contribution in [1.82, 2.24) is 5.01 Å². The zero-order valence-corrected chi connectivity index (χ0v) is 15.0. The van der Waals surface area contributed by atoms with Crippen LogP contribution in [0.3, 0.4) is 0 Å². The molecule has 0 saturated heterocycles. The van der Waals surface area contributed by atoms with Gasteiger partial charge in [-0.3, -0.25) is 9.80 Å². The van der Waals surface area contributed by atoms with Gasteiger partial charge in [-0.15, -0.1) is 0 Å². The number of allylic oxidation sites excluding steroid dienone is 5. The molecule has 0 heterocycles. The molecule has 0 aromatic rings. The molecule has 0 radical (unpaired) electrons. The highest BCUT2D eigenvalue weighted by molar-refractivity contribution is 8.23. The van der Waals surface area contributed by atoms with Crippen molar-refractivity contribution in [2.75, 3.05) is 14.2 Å². The first kappa shape index (κ1) is 19.9. The Labute approximate surface area is 142 Å². The molecule has 24 heavy (non-hydrogen) atoms. The van der Waals surface area contributed by atoms with Crippen LogP contribution in [0, 0.1) is 16.7 Å². The number of methoxy groups -OCH3 is 1. The average molecular weight is 355 g/mol. The lowest BCUT2D eigenvalue weighted by Crippen LogP contribution is -2.24. The molecule has 3 N–H and O–H groups in total. The van der Waals surface area contributed by atoms with Crippen molar-refractivity contribution in [2.45, 2.75) is 20.8 Å². The Balaban J connectivity index is 3.35. The van der Waals surface area contributed by atoms with E-state index in [0.29, 0.717) is 5.76 Å². The second-order valence-electron chi connectivity index (χ2n) is 6.02. The maximum atomic E-state index is 11.9. The number of hydrazone groups is 1. The van der Waals surface area contributed by atoms with Gasteiger partial charge in [0.1, 0.15) is 28.4 Å². The van der Waals surface area contributed by atoms with E-state index in [-0.39, 0.29) is 16.3 Å². The molecule has 1 aliphatic rings. The summed E-state index contributed by atoms with van der Waals surface area (Å²) >= 11 is 0. The van der Waals surface area contributed by atoms with Crippen molar-refractivity contribution in [1.29, 1.82) is 5.26 Å². The molecule has 9 heteroatoms. The minimum Gasteiger partial charge on any atom is -0.498 e. The summed E-state index contributed by atoms with van der Waals surface area (Å²) < 4.78 is 33.1. The van der Waals surface area contributed by atoms with Crippen LogP contribution in [0.4, 0.5) is 0 Å². The molecule has 0 saturated carbocycles. The Kier molecular flexibility index (Phi) is 5.97. The molecule has 1 aliphatic carbocycles. The summed E-state index contributed by atoms with van der Waals surface area (Å²) in [5.41, 5.74) is -0.515. The molecule has 1 rings (SSSR count). The van der Waals surface area contributed by atoms with Crippen molar-refractivity contribution in [3.63, 3.8) is 0 Å². The molecular weight excluding hydrogens is 334 g/mol. The largest absolute Gasteiger partial charge is 0.498 e. The van der Waals surface area contributed by atoms with Crippen LogP contribution in [-0.2, 0) is 9.53 Å². The Morgan fingerprint density at radius 1 is 1.33 bits per heavy atom. The topological polar surface area (TPSA) is 126 Å². The van der Waals surface area contributed by atoms with Gasteiger partial charge in [0.25, 0.3) is 0 Å². The quantitative estimate of drug-likeness (QED) is 0.306. The molecular formula is C15H21N3O5S. The highest BCUT2D eigenvalue weighted by Crippen LogP contribution is 2.44. The van der Waals surface area contributed by atoms with E-state index in [1.165, 1.54) is 19.2 Å². The van der Waals surface area contributed by atoms with Crippen molar-refractivity contribution >= 4 is 22.4 Å². The summed E-state index contributed by atoms with van der Waals surface area (Å²) in [4.78, 5) is 11.7. The first-order chi connectivity index (χ1) is 10.9. The average Bonchev–Trinajstić information content (AvgIpc) is 2.44. The van der Waals surface area contributed by atoms with E-state index in [2.05, 4.69) is 5.10 Å². The van der Waals surface area contributed by atoms with Gasteiger partial charge < -0.3 is 18.4 Å². The second kappa shape index (κ2) is 7.19. The number of hydrogen-bond donors (Lipinski definition) is 3. The predicted octanol–water partition coefficient (Wildman–Crippen LogP) is 2.95. The zero-order chi connectivity index (χ0) is 18.7. The number of nitrogens with zero attached hydrogens (tertiary/aromatic N) is 3. The van der Waals surface area contributed by atoms with E-state index in [0.717, 1.165) is 18.2 Å². The number of carbonyl (C=O) groups is 1. The molecule has 132 valence electrons. The number of carbonyl (C=O) groups excluding carboxylic acids is 1. The fourth-order valence-electron chi connectivity index (χ4n) is 1.99. The van der Waals surface area contributed by atoms with E-state index in [4.69, 9.17) is 4.74 Å². The third kappa shape index (κ3) is 4.69.